The Morgan fingerprint density at radius 3 is 2.05 bits per heavy atom. The monoisotopic (exact) mass is 339 g/mol. The fourth-order valence-corrected chi connectivity index (χ4v) is 2.71. The van der Waals surface area contributed by atoms with Crippen molar-refractivity contribution in [2.75, 3.05) is 5.88 Å². The fourth-order valence-electron chi connectivity index (χ4n) is 1.98. The number of nitrogens with zero attached hydrogens (tertiary/aromatic N) is 3. The fraction of sp³-hybridized carbons (Fsp3) is 0.200. The van der Waals surface area contributed by atoms with E-state index in [9.17, 15) is 8.78 Å². The molecule has 114 valence electrons. The van der Waals surface area contributed by atoms with E-state index in [0.29, 0.717) is 16.7 Å². The predicted molar refractivity (Wildman–Crippen MR) is 86.3 cm³/mol. The van der Waals surface area contributed by atoms with E-state index in [-0.39, 0.29) is 5.88 Å². The van der Waals surface area contributed by atoms with Gasteiger partial charge in [0.25, 0.3) is 5.76 Å². The molecule has 2 aromatic carbocycles. The Kier molecular flexibility index (Phi) is 6.07. The molecule has 1 unspecified atom stereocenters. The van der Waals surface area contributed by atoms with Crippen molar-refractivity contribution >= 4 is 23.4 Å². The number of thioether (sulfide) groups is 1. The molecular formula is C15H12ClF2N3S. The van der Waals surface area contributed by atoms with Crippen LogP contribution in [0.4, 0.5) is 8.78 Å². The van der Waals surface area contributed by atoms with Crippen LogP contribution in [0.15, 0.2) is 58.5 Å². The van der Waals surface area contributed by atoms with Gasteiger partial charge >= 0.3 is 0 Å². The third-order valence-electron chi connectivity index (χ3n) is 3.05. The molecule has 0 spiro atoms. The second kappa shape index (κ2) is 8.03. The summed E-state index contributed by atoms with van der Waals surface area (Å²) in [5.41, 5.74) is 11.2. The number of rotatable bonds is 6. The molecule has 0 aliphatic carbocycles. The maximum Gasteiger partial charge on any atom is 0.288 e. The largest absolute Gasteiger partial charge is 0.288 e. The van der Waals surface area contributed by atoms with E-state index in [4.69, 9.17) is 17.1 Å². The zero-order chi connectivity index (χ0) is 15.9. The summed E-state index contributed by atoms with van der Waals surface area (Å²) in [6, 6.07) is 14.0. The minimum atomic E-state index is -2.42. The minimum absolute atomic E-state index is 0.211. The molecule has 0 saturated heterocycles. The van der Waals surface area contributed by atoms with Crippen molar-refractivity contribution in [2.45, 2.75) is 16.7 Å². The van der Waals surface area contributed by atoms with E-state index >= 15 is 0 Å². The topological polar surface area (TPSA) is 48.8 Å². The van der Waals surface area contributed by atoms with E-state index in [1.54, 1.807) is 24.3 Å². The van der Waals surface area contributed by atoms with Crippen molar-refractivity contribution in [1.29, 1.82) is 0 Å². The van der Waals surface area contributed by atoms with Crippen LogP contribution in [0.2, 0.25) is 0 Å². The number of hydrogen-bond acceptors (Lipinski definition) is 2. The Morgan fingerprint density at radius 2 is 1.59 bits per heavy atom. The molecule has 0 heterocycles. The van der Waals surface area contributed by atoms with Crippen molar-refractivity contribution in [3.63, 3.8) is 0 Å². The molecular weight excluding hydrogens is 328 g/mol. The zero-order valence-electron chi connectivity index (χ0n) is 11.4. The Labute approximate surface area is 135 Å². The van der Waals surface area contributed by atoms with Gasteiger partial charge in [0.05, 0.1) is 6.04 Å². The van der Waals surface area contributed by atoms with Crippen molar-refractivity contribution in [3.05, 3.63) is 64.5 Å². The van der Waals surface area contributed by atoms with E-state index in [2.05, 4.69) is 10.0 Å². The highest BCUT2D eigenvalue weighted by Gasteiger charge is 2.09. The molecule has 0 bridgehead atoms. The molecule has 2 rings (SSSR count). The molecule has 0 fully saturated rings. The molecule has 0 aromatic heterocycles. The van der Waals surface area contributed by atoms with Gasteiger partial charge in [-0.05, 0) is 34.4 Å². The van der Waals surface area contributed by atoms with Gasteiger partial charge in [-0.1, -0.05) is 53.3 Å². The molecule has 0 N–H and O–H groups in total. The van der Waals surface area contributed by atoms with Crippen LogP contribution in [0.3, 0.4) is 0 Å². The summed E-state index contributed by atoms with van der Waals surface area (Å²) in [5.74, 6) is -2.21. The van der Waals surface area contributed by atoms with E-state index in [1.807, 2.05) is 24.3 Å². The van der Waals surface area contributed by atoms with Gasteiger partial charge in [0.1, 0.15) is 0 Å². The SMILES string of the molecule is [N-]=[N+]=NC(CCl)c1ccc(-c2ccc(SC(F)F)cc2)cc1. The summed E-state index contributed by atoms with van der Waals surface area (Å²) in [7, 11) is 0. The second-order valence-electron chi connectivity index (χ2n) is 4.40. The molecule has 0 saturated carbocycles. The molecule has 7 heteroatoms. The van der Waals surface area contributed by atoms with Gasteiger partial charge in [0.2, 0.25) is 0 Å². The van der Waals surface area contributed by atoms with Gasteiger partial charge in [-0.25, -0.2) is 0 Å². The van der Waals surface area contributed by atoms with Crippen molar-refractivity contribution in [1.82, 2.24) is 0 Å². The third-order valence-corrected chi connectivity index (χ3v) is 4.06. The number of alkyl halides is 3. The Morgan fingerprint density at radius 1 is 1.05 bits per heavy atom. The summed E-state index contributed by atoms with van der Waals surface area (Å²) >= 11 is 6.29. The normalized spacial score (nSPS) is 12.0. The molecule has 1 atom stereocenters. The Bertz CT molecular complexity index is 655. The highest BCUT2D eigenvalue weighted by molar-refractivity contribution is 7.99. The van der Waals surface area contributed by atoms with E-state index in [1.165, 1.54) is 0 Å². The first-order valence-corrected chi connectivity index (χ1v) is 7.81. The van der Waals surface area contributed by atoms with Crippen molar-refractivity contribution in [2.24, 2.45) is 5.11 Å². The number of hydrogen-bond donors (Lipinski definition) is 0. The van der Waals surface area contributed by atoms with Gasteiger partial charge in [-0.2, -0.15) is 8.78 Å². The van der Waals surface area contributed by atoms with Gasteiger partial charge in [0.15, 0.2) is 0 Å². The molecule has 0 amide bonds. The van der Waals surface area contributed by atoms with Crippen LogP contribution in [0.1, 0.15) is 11.6 Å². The van der Waals surface area contributed by atoms with Crippen LogP contribution in [-0.4, -0.2) is 11.6 Å². The van der Waals surface area contributed by atoms with Crippen LogP contribution in [0.25, 0.3) is 21.6 Å². The summed E-state index contributed by atoms with van der Waals surface area (Å²) in [6.45, 7) is 0. The Balaban J connectivity index is 2.18. The average molecular weight is 340 g/mol. The number of benzene rings is 2. The predicted octanol–water partition coefficient (Wildman–Crippen LogP) is 6.26. The van der Waals surface area contributed by atoms with Crippen molar-refractivity contribution < 1.29 is 8.78 Å². The van der Waals surface area contributed by atoms with Crippen LogP contribution in [-0.2, 0) is 0 Å². The van der Waals surface area contributed by atoms with Gasteiger partial charge < -0.3 is 0 Å². The minimum Gasteiger partial charge on any atom is -0.198 e. The third kappa shape index (κ3) is 4.37. The van der Waals surface area contributed by atoms with Gasteiger partial charge in [0, 0.05) is 15.7 Å². The molecule has 0 radical (unpaired) electrons. The summed E-state index contributed by atoms with van der Waals surface area (Å²) in [4.78, 5) is 3.30. The van der Waals surface area contributed by atoms with Crippen molar-refractivity contribution in [3.8, 4) is 11.1 Å². The molecule has 0 aliphatic rings. The summed E-state index contributed by atoms with van der Waals surface area (Å²) in [5, 5.41) is 3.63. The zero-order valence-corrected chi connectivity index (χ0v) is 12.9. The molecule has 0 aliphatic heterocycles. The lowest BCUT2D eigenvalue weighted by Gasteiger charge is -2.09. The molecule has 3 nitrogen and oxygen atoms in total. The van der Waals surface area contributed by atoms with Crippen LogP contribution >= 0.6 is 23.4 Å². The summed E-state index contributed by atoms with van der Waals surface area (Å²) < 4.78 is 24.6. The smallest absolute Gasteiger partial charge is 0.198 e. The first-order chi connectivity index (χ1) is 10.6. The van der Waals surface area contributed by atoms with Crippen LogP contribution in [0, 0.1) is 0 Å². The Hall–Kier alpha value is -1.75. The maximum absolute atomic E-state index is 12.3. The second-order valence-corrected chi connectivity index (χ2v) is 5.77. The van der Waals surface area contributed by atoms with E-state index in [0.717, 1.165) is 16.7 Å². The first kappa shape index (κ1) is 16.6. The van der Waals surface area contributed by atoms with Gasteiger partial charge in [-0.15, -0.1) is 11.6 Å². The highest BCUT2D eigenvalue weighted by atomic mass is 35.5. The number of azide groups is 1. The lowest BCUT2D eigenvalue weighted by Crippen LogP contribution is -1.95. The average Bonchev–Trinajstić information content (AvgIpc) is 2.53. The summed E-state index contributed by atoms with van der Waals surface area (Å²) in [6.07, 6.45) is 0. The van der Waals surface area contributed by atoms with Crippen LogP contribution < -0.4 is 0 Å². The lowest BCUT2D eigenvalue weighted by atomic mass is 10.0. The first-order valence-electron chi connectivity index (χ1n) is 6.39. The molecule has 22 heavy (non-hydrogen) atoms. The number of halogens is 3. The quantitative estimate of drug-likeness (QED) is 0.201. The lowest BCUT2D eigenvalue weighted by molar-refractivity contribution is 0.252. The molecule has 2 aromatic rings. The highest BCUT2D eigenvalue weighted by Crippen LogP contribution is 2.29. The maximum atomic E-state index is 12.3. The standard InChI is InChI=1S/C15H12ClF2N3S/c16-9-14(20-21-19)12-3-1-10(2-4-12)11-5-7-13(8-6-11)22-15(17)18/h1-8,14-15H,9H2. The van der Waals surface area contributed by atoms with Crippen LogP contribution in [0.5, 0.6) is 0 Å². The van der Waals surface area contributed by atoms with Gasteiger partial charge in [-0.3, -0.25) is 0 Å². The van der Waals surface area contributed by atoms with E-state index < -0.39 is 11.8 Å².